The summed E-state index contributed by atoms with van der Waals surface area (Å²) in [6, 6.07) is 4.44. The normalized spacial score (nSPS) is 26.8. The molecule has 0 unspecified atom stereocenters. The molecule has 2 aromatic heterocycles. The highest BCUT2D eigenvalue weighted by Crippen LogP contribution is 2.56. The third-order valence-electron chi connectivity index (χ3n) is 8.56. The van der Waals surface area contributed by atoms with E-state index in [0.29, 0.717) is 36.2 Å². The van der Waals surface area contributed by atoms with E-state index in [9.17, 15) is 19.6 Å². The molecule has 13 heteroatoms. The summed E-state index contributed by atoms with van der Waals surface area (Å²) in [6.07, 6.45) is 3.97. The number of carbonyl (C=O) groups excluding carboxylic acids is 3. The Morgan fingerprint density at radius 1 is 1.32 bits per heavy atom. The molecule has 3 aliphatic heterocycles. The van der Waals surface area contributed by atoms with Crippen LogP contribution in [0.5, 0.6) is 0 Å². The van der Waals surface area contributed by atoms with Crippen molar-refractivity contribution in [2.75, 3.05) is 49.3 Å². The fraction of sp³-hybridized carbons (Fsp3) is 0.500. The van der Waals surface area contributed by atoms with Gasteiger partial charge in [-0.1, -0.05) is 0 Å². The average Bonchev–Trinajstić information content (AvgIpc) is 2.91. The number of hydrogen-bond donors (Lipinski definition) is 2. The Morgan fingerprint density at radius 2 is 2.10 bits per heavy atom. The second-order valence-electron chi connectivity index (χ2n) is 11.3. The summed E-state index contributed by atoms with van der Waals surface area (Å²) in [5.74, 6) is 0.237. The average molecular weight is 563 g/mol. The van der Waals surface area contributed by atoms with Gasteiger partial charge in [0.1, 0.15) is 29.1 Å². The van der Waals surface area contributed by atoms with Crippen LogP contribution in [0.15, 0.2) is 18.3 Å². The zero-order valence-electron chi connectivity index (χ0n) is 22.9. The van der Waals surface area contributed by atoms with Crippen LogP contribution in [-0.2, 0) is 21.7 Å². The van der Waals surface area contributed by atoms with Crippen molar-refractivity contribution in [2.24, 2.45) is 0 Å². The van der Waals surface area contributed by atoms with Crippen LogP contribution in [0.2, 0.25) is 0 Å². The molecule has 0 spiro atoms. The second kappa shape index (κ2) is 10.4. The fourth-order valence-electron chi connectivity index (χ4n) is 6.02. The van der Waals surface area contributed by atoms with E-state index in [1.165, 1.54) is 11.1 Å². The molecule has 0 atom stereocenters. The van der Waals surface area contributed by atoms with Crippen molar-refractivity contribution in [1.29, 1.82) is 5.26 Å². The Labute approximate surface area is 236 Å². The van der Waals surface area contributed by atoms with E-state index in [4.69, 9.17) is 4.74 Å². The van der Waals surface area contributed by atoms with Gasteiger partial charge in [-0.2, -0.15) is 5.26 Å². The molecule has 5 heterocycles. The first kappa shape index (κ1) is 27.0. The highest BCUT2D eigenvalue weighted by atomic mass is 19.1. The number of carbonyl (C=O) groups is 3. The van der Waals surface area contributed by atoms with Crippen LogP contribution >= 0.6 is 0 Å². The number of nitrogens with one attached hydrogen (secondary N) is 2. The second-order valence-corrected chi connectivity index (χ2v) is 11.3. The molecule has 7 rings (SSSR count). The highest BCUT2D eigenvalue weighted by molar-refractivity contribution is 6.03. The number of pyridine rings is 2. The lowest BCUT2D eigenvalue weighted by atomic mass is 9.68. The number of nitrogens with zero attached hydrogens (tertiary/aromatic N) is 6. The molecule has 41 heavy (non-hydrogen) atoms. The summed E-state index contributed by atoms with van der Waals surface area (Å²) in [7, 11) is 3.53. The van der Waals surface area contributed by atoms with E-state index < -0.39 is 17.7 Å². The number of hydrogen-bond acceptors (Lipinski definition) is 9. The molecule has 0 radical (unpaired) electrons. The summed E-state index contributed by atoms with van der Waals surface area (Å²) in [5.41, 5.74) is -0.000317. The topological polar surface area (TPSA) is 144 Å². The zero-order chi connectivity index (χ0) is 28.9. The van der Waals surface area contributed by atoms with Gasteiger partial charge in [0.25, 0.3) is 0 Å². The Hall–Kier alpha value is -4.15. The van der Waals surface area contributed by atoms with E-state index in [2.05, 4.69) is 26.7 Å². The van der Waals surface area contributed by atoms with Gasteiger partial charge in [-0.15, -0.1) is 0 Å². The van der Waals surface area contributed by atoms with Crippen LogP contribution in [-0.4, -0.2) is 90.0 Å². The molecule has 2 aromatic rings. The van der Waals surface area contributed by atoms with Gasteiger partial charge in [-0.3, -0.25) is 24.7 Å². The number of ether oxygens (including phenoxy) is 1. The lowest BCUT2D eigenvalue weighted by Crippen LogP contribution is -2.60. The Balaban J connectivity index is 1.24. The fourth-order valence-corrected chi connectivity index (χ4v) is 6.02. The summed E-state index contributed by atoms with van der Waals surface area (Å²) < 4.78 is 21.2. The molecule has 3 fully saturated rings. The Kier molecular flexibility index (Phi) is 6.83. The van der Waals surface area contributed by atoms with Gasteiger partial charge in [0.15, 0.2) is 6.29 Å². The van der Waals surface area contributed by atoms with E-state index in [1.54, 1.807) is 24.1 Å². The monoisotopic (exact) mass is 562 g/mol. The van der Waals surface area contributed by atoms with E-state index in [1.807, 2.05) is 11.9 Å². The summed E-state index contributed by atoms with van der Waals surface area (Å²) in [5, 5.41) is 15.6. The number of amides is 3. The lowest BCUT2D eigenvalue weighted by Gasteiger charge is -2.52. The predicted molar refractivity (Wildman–Crippen MR) is 146 cm³/mol. The van der Waals surface area contributed by atoms with Crippen LogP contribution in [0.25, 0.3) is 0 Å². The number of nitriles is 1. The smallest absolute Gasteiger partial charge is 0.328 e. The van der Waals surface area contributed by atoms with Crippen molar-refractivity contribution < 1.29 is 23.5 Å². The minimum atomic E-state index is -1.65. The number of aldehydes is 1. The van der Waals surface area contributed by atoms with E-state index >= 15 is 4.39 Å². The lowest BCUT2D eigenvalue weighted by molar-refractivity contribution is -0.136. The first-order valence-corrected chi connectivity index (χ1v) is 13.7. The Morgan fingerprint density at radius 3 is 2.78 bits per heavy atom. The molecule has 0 aromatic carbocycles. The maximum atomic E-state index is 15.8. The van der Waals surface area contributed by atoms with E-state index in [0.717, 1.165) is 12.8 Å². The first-order valence-electron chi connectivity index (χ1n) is 13.7. The van der Waals surface area contributed by atoms with Crippen LogP contribution in [0.3, 0.4) is 0 Å². The number of aromatic nitrogens is 2. The minimum Gasteiger partial charge on any atom is -0.381 e. The molecule has 3 amide bonds. The third kappa shape index (κ3) is 4.87. The molecule has 214 valence electrons. The molecule has 2 bridgehead atoms. The Bertz CT molecular complexity index is 1450. The largest absolute Gasteiger partial charge is 0.381 e. The van der Waals surface area contributed by atoms with Gasteiger partial charge >= 0.3 is 6.03 Å². The van der Waals surface area contributed by atoms with Crippen molar-refractivity contribution in [3.05, 3.63) is 40.7 Å². The number of methoxy groups -OCH3 is 1. The molecule has 5 aliphatic rings. The molecular weight excluding hydrogens is 531 g/mol. The quantitative estimate of drug-likeness (QED) is 0.486. The standard InChI is InChI=1S/C28H31FN8O4/c1-35-3-4-36(25(39)14-35)13-16-5-21-26(33-23(16)15-38)37(19-9-28(21,29)10-19)27(40)34-24-8-22(17(11-30)12-31-24)32-18-6-20(7-18)41-2/h5,8,12,15,18-20H,3-4,6-7,9-10,13-14H2,1-2H3,(H2,31,32,34,40). The van der Waals surface area contributed by atoms with E-state index in [-0.39, 0.29) is 66.9 Å². The van der Waals surface area contributed by atoms with Gasteiger partial charge in [0.05, 0.1) is 23.9 Å². The van der Waals surface area contributed by atoms with Gasteiger partial charge < -0.3 is 15.0 Å². The summed E-state index contributed by atoms with van der Waals surface area (Å²) >= 11 is 0. The van der Waals surface area contributed by atoms with Crippen molar-refractivity contribution in [3.8, 4) is 6.07 Å². The predicted octanol–water partition coefficient (Wildman–Crippen LogP) is 2.40. The van der Waals surface area contributed by atoms with Gasteiger partial charge in [0, 0.05) is 75.1 Å². The zero-order valence-corrected chi connectivity index (χ0v) is 22.9. The van der Waals surface area contributed by atoms with Gasteiger partial charge in [-0.25, -0.2) is 19.2 Å². The number of piperazine rings is 1. The summed E-state index contributed by atoms with van der Waals surface area (Å²) in [4.78, 5) is 51.7. The molecule has 12 nitrogen and oxygen atoms in total. The van der Waals surface area contributed by atoms with Crippen LogP contribution in [0.1, 0.15) is 52.9 Å². The van der Waals surface area contributed by atoms with Crippen molar-refractivity contribution in [2.45, 2.75) is 56.1 Å². The number of rotatable bonds is 7. The molecule has 2 N–H and O–H groups in total. The van der Waals surface area contributed by atoms with Crippen molar-refractivity contribution in [3.63, 3.8) is 0 Å². The highest BCUT2D eigenvalue weighted by Gasteiger charge is 2.57. The first-order chi connectivity index (χ1) is 19.7. The maximum Gasteiger partial charge on any atom is 0.328 e. The summed E-state index contributed by atoms with van der Waals surface area (Å²) in [6.45, 7) is 1.60. The molecule has 2 saturated carbocycles. The number of halogens is 1. The van der Waals surface area contributed by atoms with Crippen LogP contribution < -0.4 is 15.5 Å². The molecule has 1 saturated heterocycles. The minimum absolute atomic E-state index is 0.0658. The number of likely N-dealkylation sites (N-methyl/N-ethyl adjacent to an activating group) is 1. The number of alkyl halides is 1. The number of anilines is 3. The third-order valence-corrected chi connectivity index (χ3v) is 8.56. The number of urea groups is 1. The van der Waals surface area contributed by atoms with Crippen molar-refractivity contribution >= 4 is 35.5 Å². The molecule has 2 aliphatic carbocycles. The van der Waals surface area contributed by atoms with Crippen molar-refractivity contribution in [1.82, 2.24) is 19.8 Å². The SMILES string of the molecule is COC1CC(Nc2cc(NC(=O)N3c4nc(C=O)c(CN5CCN(C)CC5=O)cc4C4(F)CC3C4)ncc2C#N)C1. The van der Waals surface area contributed by atoms with Crippen LogP contribution in [0.4, 0.5) is 26.5 Å². The maximum absolute atomic E-state index is 15.8. The molecular formula is C28H31FN8O4. The van der Waals surface area contributed by atoms with Crippen LogP contribution in [0, 0.1) is 11.3 Å². The van der Waals surface area contributed by atoms with Gasteiger partial charge in [0.2, 0.25) is 5.91 Å². The van der Waals surface area contributed by atoms with Gasteiger partial charge in [-0.05, 0) is 26.0 Å².